The number of hydrogen-bond donors (Lipinski definition) is 2. The summed E-state index contributed by atoms with van der Waals surface area (Å²) < 4.78 is 10.8. The van der Waals surface area contributed by atoms with Crippen LogP contribution in [0.4, 0.5) is 5.69 Å². The van der Waals surface area contributed by atoms with E-state index in [2.05, 4.69) is 5.32 Å². The molecule has 2 rings (SSSR count). The molecular weight excluding hydrogens is 322 g/mol. The summed E-state index contributed by atoms with van der Waals surface area (Å²) in [4.78, 5) is 23.4. The zero-order valence-electron chi connectivity index (χ0n) is 14.7. The van der Waals surface area contributed by atoms with Gasteiger partial charge < -0.3 is 19.9 Å². The smallest absolute Gasteiger partial charge is 0.306 e. The fourth-order valence-electron chi connectivity index (χ4n) is 3.04. The van der Waals surface area contributed by atoms with Crippen molar-refractivity contribution in [2.24, 2.45) is 11.8 Å². The van der Waals surface area contributed by atoms with Crippen LogP contribution in [0.2, 0.25) is 0 Å². The predicted octanol–water partition coefficient (Wildman–Crippen LogP) is 3.07. The third-order valence-electron chi connectivity index (χ3n) is 4.49. The molecule has 0 aromatic heterocycles. The average molecular weight is 349 g/mol. The number of carboxylic acid groups (broad SMARTS) is 1. The Morgan fingerprint density at radius 1 is 1.12 bits per heavy atom. The van der Waals surface area contributed by atoms with E-state index in [4.69, 9.17) is 14.6 Å². The van der Waals surface area contributed by atoms with Crippen molar-refractivity contribution in [3.8, 4) is 0 Å². The average Bonchev–Trinajstić information content (AvgIpc) is 2.62. The molecule has 0 saturated heterocycles. The van der Waals surface area contributed by atoms with Crippen molar-refractivity contribution in [2.45, 2.75) is 39.2 Å². The number of aliphatic carboxylic acids is 1. The summed E-state index contributed by atoms with van der Waals surface area (Å²) >= 11 is 0. The van der Waals surface area contributed by atoms with E-state index in [0.29, 0.717) is 52.1 Å². The molecule has 1 aliphatic rings. The van der Waals surface area contributed by atoms with Crippen molar-refractivity contribution in [2.75, 3.05) is 25.1 Å². The summed E-state index contributed by atoms with van der Waals surface area (Å²) in [5.74, 6) is -1.20. The van der Waals surface area contributed by atoms with Gasteiger partial charge in [0.15, 0.2) is 0 Å². The monoisotopic (exact) mass is 349 g/mol. The maximum Gasteiger partial charge on any atom is 0.306 e. The molecule has 0 spiro atoms. The number of benzene rings is 1. The molecule has 25 heavy (non-hydrogen) atoms. The molecule has 1 saturated carbocycles. The highest BCUT2D eigenvalue weighted by Gasteiger charge is 2.29. The van der Waals surface area contributed by atoms with Gasteiger partial charge in [-0.05, 0) is 50.3 Å². The highest BCUT2D eigenvalue weighted by molar-refractivity contribution is 5.92. The van der Waals surface area contributed by atoms with Gasteiger partial charge in [0.2, 0.25) is 5.91 Å². The largest absolute Gasteiger partial charge is 0.481 e. The first kappa shape index (κ1) is 19.4. The molecule has 0 radical (unpaired) electrons. The van der Waals surface area contributed by atoms with Crippen LogP contribution in [-0.4, -0.2) is 36.8 Å². The summed E-state index contributed by atoms with van der Waals surface area (Å²) in [5, 5.41) is 12.0. The minimum absolute atomic E-state index is 0.0294. The van der Waals surface area contributed by atoms with Gasteiger partial charge in [0.05, 0.1) is 25.7 Å². The number of ether oxygens (including phenoxy) is 2. The lowest BCUT2D eigenvalue weighted by molar-refractivity contribution is -0.143. The second-order valence-electron chi connectivity index (χ2n) is 6.33. The Kier molecular flexibility index (Phi) is 7.88. The van der Waals surface area contributed by atoms with Crippen molar-refractivity contribution in [3.05, 3.63) is 29.8 Å². The Balaban J connectivity index is 1.79. The first-order valence-electron chi connectivity index (χ1n) is 8.88. The lowest BCUT2D eigenvalue weighted by Gasteiger charge is -2.25. The van der Waals surface area contributed by atoms with Gasteiger partial charge in [0, 0.05) is 18.2 Å². The van der Waals surface area contributed by atoms with Gasteiger partial charge >= 0.3 is 5.97 Å². The van der Waals surface area contributed by atoms with Crippen molar-refractivity contribution in [3.63, 3.8) is 0 Å². The fourth-order valence-corrected chi connectivity index (χ4v) is 3.04. The van der Waals surface area contributed by atoms with Crippen LogP contribution in [0.3, 0.4) is 0 Å². The summed E-state index contributed by atoms with van der Waals surface area (Å²) in [5.41, 5.74) is 1.74. The molecule has 0 aliphatic heterocycles. The zero-order chi connectivity index (χ0) is 18.1. The van der Waals surface area contributed by atoms with E-state index < -0.39 is 5.97 Å². The summed E-state index contributed by atoms with van der Waals surface area (Å²) in [6, 6.07) is 7.60. The highest BCUT2D eigenvalue weighted by atomic mass is 16.5. The molecule has 6 nitrogen and oxygen atoms in total. The maximum atomic E-state index is 12.4. The summed E-state index contributed by atoms with van der Waals surface area (Å²) in [6.45, 7) is 4.21. The van der Waals surface area contributed by atoms with Crippen molar-refractivity contribution < 1.29 is 24.2 Å². The van der Waals surface area contributed by atoms with Crippen LogP contribution >= 0.6 is 0 Å². The SMILES string of the molecule is CCOCCOCc1cccc(NC(=O)C2CCC(C(=O)O)CC2)c1. The number of anilines is 1. The van der Waals surface area contributed by atoms with Gasteiger partial charge in [-0.15, -0.1) is 0 Å². The summed E-state index contributed by atoms with van der Waals surface area (Å²) in [6.07, 6.45) is 2.40. The van der Waals surface area contributed by atoms with Gasteiger partial charge in [0.25, 0.3) is 0 Å². The van der Waals surface area contributed by atoms with E-state index in [1.54, 1.807) is 0 Å². The topological polar surface area (TPSA) is 84.9 Å². The number of carboxylic acids is 1. The van der Waals surface area contributed by atoms with Crippen LogP contribution in [0.1, 0.15) is 38.2 Å². The quantitative estimate of drug-likeness (QED) is 0.669. The molecule has 138 valence electrons. The second kappa shape index (κ2) is 10.2. The van der Waals surface area contributed by atoms with Crippen molar-refractivity contribution in [1.29, 1.82) is 0 Å². The Labute approximate surface area is 148 Å². The Morgan fingerprint density at radius 2 is 1.80 bits per heavy atom. The van der Waals surface area contributed by atoms with E-state index >= 15 is 0 Å². The third kappa shape index (κ3) is 6.48. The predicted molar refractivity (Wildman–Crippen MR) is 94.3 cm³/mol. The minimum Gasteiger partial charge on any atom is -0.481 e. The first-order chi connectivity index (χ1) is 12.1. The fraction of sp³-hybridized carbons (Fsp3) is 0.579. The molecule has 1 aliphatic carbocycles. The Bertz CT molecular complexity index is 567. The molecule has 2 N–H and O–H groups in total. The van der Waals surface area contributed by atoms with Crippen molar-refractivity contribution in [1.82, 2.24) is 0 Å². The molecule has 6 heteroatoms. The number of carbonyl (C=O) groups is 2. The molecule has 0 unspecified atom stereocenters. The normalized spacial score (nSPS) is 20.2. The molecule has 1 aromatic rings. The highest BCUT2D eigenvalue weighted by Crippen LogP contribution is 2.29. The van der Waals surface area contributed by atoms with E-state index in [9.17, 15) is 9.59 Å². The molecule has 1 amide bonds. The van der Waals surface area contributed by atoms with Crippen LogP contribution in [0, 0.1) is 11.8 Å². The lowest BCUT2D eigenvalue weighted by atomic mass is 9.81. The number of carbonyl (C=O) groups excluding carboxylic acids is 1. The van der Waals surface area contributed by atoms with Gasteiger partial charge in [-0.2, -0.15) is 0 Å². The van der Waals surface area contributed by atoms with Crippen LogP contribution in [0.15, 0.2) is 24.3 Å². The number of hydrogen-bond acceptors (Lipinski definition) is 4. The zero-order valence-corrected chi connectivity index (χ0v) is 14.7. The summed E-state index contributed by atoms with van der Waals surface area (Å²) in [7, 11) is 0. The molecule has 1 aromatic carbocycles. The Morgan fingerprint density at radius 3 is 2.48 bits per heavy atom. The van der Waals surface area contributed by atoms with E-state index in [1.165, 1.54) is 0 Å². The van der Waals surface area contributed by atoms with Gasteiger partial charge in [0.1, 0.15) is 0 Å². The van der Waals surface area contributed by atoms with Gasteiger partial charge in [-0.1, -0.05) is 12.1 Å². The van der Waals surface area contributed by atoms with Crippen LogP contribution in [0.25, 0.3) is 0 Å². The number of amides is 1. The molecule has 0 heterocycles. The molecule has 1 fully saturated rings. The van der Waals surface area contributed by atoms with E-state index in [1.807, 2.05) is 31.2 Å². The lowest BCUT2D eigenvalue weighted by Crippen LogP contribution is -2.29. The van der Waals surface area contributed by atoms with Crippen molar-refractivity contribution >= 4 is 17.6 Å². The maximum absolute atomic E-state index is 12.4. The van der Waals surface area contributed by atoms with E-state index in [0.717, 1.165) is 11.3 Å². The van der Waals surface area contributed by atoms with E-state index in [-0.39, 0.29) is 17.7 Å². The second-order valence-corrected chi connectivity index (χ2v) is 6.33. The minimum atomic E-state index is -0.754. The molecule has 0 bridgehead atoms. The molecular formula is C19H27NO5. The van der Waals surface area contributed by atoms with Gasteiger partial charge in [-0.3, -0.25) is 9.59 Å². The van der Waals surface area contributed by atoms with Crippen LogP contribution in [-0.2, 0) is 25.7 Å². The standard InChI is InChI=1S/C19H27NO5/c1-2-24-10-11-25-13-14-4-3-5-17(12-14)20-18(21)15-6-8-16(9-7-15)19(22)23/h3-5,12,15-16H,2,6-11,13H2,1H3,(H,20,21)(H,22,23). The number of nitrogens with one attached hydrogen (secondary N) is 1. The number of rotatable bonds is 9. The first-order valence-corrected chi connectivity index (χ1v) is 8.88. The van der Waals surface area contributed by atoms with Crippen LogP contribution in [0.5, 0.6) is 0 Å². The Hall–Kier alpha value is -1.92. The third-order valence-corrected chi connectivity index (χ3v) is 4.49. The molecule has 0 atom stereocenters. The van der Waals surface area contributed by atoms with Gasteiger partial charge in [-0.25, -0.2) is 0 Å². The van der Waals surface area contributed by atoms with Crippen LogP contribution < -0.4 is 5.32 Å².